The number of rotatable bonds is 3. The summed E-state index contributed by atoms with van der Waals surface area (Å²) in [5.74, 6) is -1.10. The van der Waals surface area contributed by atoms with Gasteiger partial charge < -0.3 is 10.2 Å². The molecule has 1 amide bonds. The summed E-state index contributed by atoms with van der Waals surface area (Å²) in [5, 5.41) is 23.3. The lowest BCUT2D eigenvalue weighted by Gasteiger charge is -2.03. The van der Waals surface area contributed by atoms with E-state index in [0.29, 0.717) is 15.6 Å². The van der Waals surface area contributed by atoms with Crippen LogP contribution in [0.2, 0.25) is 10.0 Å². The van der Waals surface area contributed by atoms with E-state index < -0.39 is 5.91 Å². The number of halogens is 2. The SMILES string of the molecule is O=C(NN=Cc1ccc(Cl)cc1Cl)c1ccc(O)cc1O. The molecule has 0 aliphatic rings. The number of amides is 1. The zero-order valence-corrected chi connectivity index (χ0v) is 12.1. The fourth-order valence-electron chi connectivity index (χ4n) is 1.54. The van der Waals surface area contributed by atoms with Crippen LogP contribution in [0.5, 0.6) is 11.5 Å². The maximum Gasteiger partial charge on any atom is 0.275 e. The molecule has 3 N–H and O–H groups in total. The second kappa shape index (κ2) is 6.47. The zero-order chi connectivity index (χ0) is 15.4. The van der Waals surface area contributed by atoms with Crippen LogP contribution in [-0.2, 0) is 0 Å². The van der Waals surface area contributed by atoms with Crippen LogP contribution in [-0.4, -0.2) is 22.3 Å². The maximum absolute atomic E-state index is 11.8. The molecule has 0 saturated heterocycles. The van der Waals surface area contributed by atoms with Gasteiger partial charge in [-0.05, 0) is 24.3 Å². The minimum absolute atomic E-state index is 0.00727. The Morgan fingerprint density at radius 3 is 2.57 bits per heavy atom. The van der Waals surface area contributed by atoms with E-state index in [0.717, 1.165) is 6.07 Å². The molecule has 5 nitrogen and oxygen atoms in total. The van der Waals surface area contributed by atoms with E-state index in [2.05, 4.69) is 10.5 Å². The number of aromatic hydroxyl groups is 2. The first-order valence-corrected chi connectivity index (χ1v) is 6.53. The lowest BCUT2D eigenvalue weighted by molar-refractivity contribution is 0.0952. The number of carbonyl (C=O) groups excluding carboxylic acids is 1. The largest absolute Gasteiger partial charge is 0.508 e. The first kappa shape index (κ1) is 15.2. The fourth-order valence-corrected chi connectivity index (χ4v) is 2.00. The number of hydrogen-bond donors (Lipinski definition) is 3. The first-order chi connectivity index (χ1) is 9.97. The molecule has 2 aromatic rings. The van der Waals surface area contributed by atoms with E-state index in [1.54, 1.807) is 18.2 Å². The number of carbonyl (C=O) groups is 1. The molecule has 0 heterocycles. The van der Waals surface area contributed by atoms with Gasteiger partial charge in [0.15, 0.2) is 0 Å². The Labute approximate surface area is 130 Å². The van der Waals surface area contributed by atoms with Crippen molar-refractivity contribution in [2.75, 3.05) is 0 Å². The Balaban J connectivity index is 2.08. The molecule has 2 rings (SSSR count). The molecule has 108 valence electrons. The molecule has 0 atom stereocenters. The second-order valence-corrected chi connectivity index (χ2v) is 4.91. The lowest BCUT2D eigenvalue weighted by atomic mass is 10.2. The van der Waals surface area contributed by atoms with Crippen LogP contribution < -0.4 is 5.43 Å². The standard InChI is InChI=1S/C14H10Cl2N2O3/c15-9-2-1-8(12(16)5-9)7-17-18-14(21)11-4-3-10(19)6-13(11)20/h1-7,19-20H,(H,18,21). The van der Waals surface area contributed by atoms with Gasteiger partial charge in [-0.15, -0.1) is 0 Å². The number of phenolic OH excluding ortho intramolecular Hbond substituents is 2. The van der Waals surface area contributed by atoms with Crippen molar-refractivity contribution < 1.29 is 15.0 Å². The Hall–Kier alpha value is -2.24. The average Bonchev–Trinajstić information content (AvgIpc) is 2.41. The average molecular weight is 325 g/mol. The number of nitrogens with zero attached hydrogens (tertiary/aromatic N) is 1. The van der Waals surface area contributed by atoms with E-state index in [1.165, 1.54) is 18.3 Å². The fraction of sp³-hybridized carbons (Fsp3) is 0. The third-order valence-corrected chi connectivity index (χ3v) is 3.12. The summed E-state index contributed by atoms with van der Waals surface area (Å²) in [6, 6.07) is 8.48. The highest BCUT2D eigenvalue weighted by Crippen LogP contribution is 2.22. The molecule has 2 aromatic carbocycles. The highest BCUT2D eigenvalue weighted by Gasteiger charge is 2.10. The summed E-state index contributed by atoms with van der Waals surface area (Å²) in [7, 11) is 0. The Morgan fingerprint density at radius 1 is 1.14 bits per heavy atom. The molecular formula is C14H10Cl2N2O3. The quantitative estimate of drug-likeness (QED) is 0.599. The third-order valence-electron chi connectivity index (χ3n) is 2.56. The summed E-state index contributed by atoms with van der Waals surface area (Å²) in [6.45, 7) is 0. The van der Waals surface area contributed by atoms with Gasteiger partial charge in [0.25, 0.3) is 5.91 Å². The van der Waals surface area contributed by atoms with Crippen LogP contribution in [0.3, 0.4) is 0 Å². The van der Waals surface area contributed by atoms with Crippen LogP contribution in [0.1, 0.15) is 15.9 Å². The van der Waals surface area contributed by atoms with Crippen LogP contribution in [0.4, 0.5) is 0 Å². The van der Waals surface area contributed by atoms with E-state index in [4.69, 9.17) is 28.3 Å². The topological polar surface area (TPSA) is 81.9 Å². The number of benzene rings is 2. The molecule has 0 fully saturated rings. The Bertz CT molecular complexity index is 717. The zero-order valence-electron chi connectivity index (χ0n) is 10.5. The van der Waals surface area contributed by atoms with Crippen molar-refractivity contribution in [1.82, 2.24) is 5.43 Å². The highest BCUT2D eigenvalue weighted by molar-refractivity contribution is 6.36. The molecule has 0 aliphatic carbocycles. The molecule has 0 spiro atoms. The molecule has 0 bridgehead atoms. The van der Waals surface area contributed by atoms with Crippen LogP contribution in [0.25, 0.3) is 0 Å². The van der Waals surface area contributed by atoms with Crippen molar-refractivity contribution in [2.24, 2.45) is 5.10 Å². The van der Waals surface area contributed by atoms with Crippen molar-refractivity contribution in [3.05, 3.63) is 57.6 Å². The summed E-state index contributed by atoms with van der Waals surface area (Å²) in [4.78, 5) is 11.8. The van der Waals surface area contributed by atoms with Gasteiger partial charge in [0.2, 0.25) is 0 Å². The van der Waals surface area contributed by atoms with Crippen molar-refractivity contribution in [3.63, 3.8) is 0 Å². The van der Waals surface area contributed by atoms with Crippen molar-refractivity contribution in [2.45, 2.75) is 0 Å². The smallest absolute Gasteiger partial charge is 0.275 e. The first-order valence-electron chi connectivity index (χ1n) is 5.78. The predicted molar refractivity (Wildman–Crippen MR) is 81.3 cm³/mol. The van der Waals surface area contributed by atoms with Gasteiger partial charge in [0.05, 0.1) is 16.8 Å². The number of hydrazone groups is 1. The number of nitrogens with one attached hydrogen (secondary N) is 1. The van der Waals surface area contributed by atoms with Gasteiger partial charge in [-0.25, -0.2) is 5.43 Å². The van der Waals surface area contributed by atoms with E-state index in [9.17, 15) is 9.90 Å². The molecule has 21 heavy (non-hydrogen) atoms. The van der Waals surface area contributed by atoms with Gasteiger partial charge >= 0.3 is 0 Å². The number of hydrogen-bond acceptors (Lipinski definition) is 4. The molecule has 7 heteroatoms. The lowest BCUT2D eigenvalue weighted by Crippen LogP contribution is -2.17. The van der Waals surface area contributed by atoms with Crippen LogP contribution >= 0.6 is 23.2 Å². The summed E-state index contributed by atoms with van der Waals surface area (Å²) < 4.78 is 0. The van der Waals surface area contributed by atoms with E-state index >= 15 is 0 Å². The van der Waals surface area contributed by atoms with Gasteiger partial charge in [-0.3, -0.25) is 4.79 Å². The highest BCUT2D eigenvalue weighted by atomic mass is 35.5. The predicted octanol–water partition coefficient (Wildman–Crippen LogP) is 3.17. The maximum atomic E-state index is 11.8. The number of phenols is 2. The molecular weight excluding hydrogens is 315 g/mol. The second-order valence-electron chi connectivity index (χ2n) is 4.07. The monoisotopic (exact) mass is 324 g/mol. The molecule has 0 aliphatic heterocycles. The summed E-state index contributed by atoms with van der Waals surface area (Å²) in [5.41, 5.74) is 2.82. The van der Waals surface area contributed by atoms with Crippen molar-refractivity contribution in [1.29, 1.82) is 0 Å². The van der Waals surface area contributed by atoms with Crippen LogP contribution in [0, 0.1) is 0 Å². The Morgan fingerprint density at radius 2 is 1.90 bits per heavy atom. The van der Waals surface area contributed by atoms with Gasteiger partial charge in [-0.2, -0.15) is 5.10 Å². The molecule has 0 aromatic heterocycles. The minimum atomic E-state index is -0.617. The van der Waals surface area contributed by atoms with Crippen LogP contribution in [0.15, 0.2) is 41.5 Å². The van der Waals surface area contributed by atoms with Gasteiger partial charge in [-0.1, -0.05) is 29.3 Å². The molecule has 0 unspecified atom stereocenters. The van der Waals surface area contributed by atoms with Gasteiger partial charge in [0, 0.05) is 16.7 Å². The van der Waals surface area contributed by atoms with Crippen molar-refractivity contribution in [3.8, 4) is 11.5 Å². The Kier molecular flexibility index (Phi) is 4.67. The van der Waals surface area contributed by atoms with E-state index in [-0.39, 0.29) is 17.1 Å². The summed E-state index contributed by atoms with van der Waals surface area (Å²) in [6.07, 6.45) is 1.36. The minimum Gasteiger partial charge on any atom is -0.508 e. The summed E-state index contributed by atoms with van der Waals surface area (Å²) >= 11 is 11.7. The molecule has 0 saturated carbocycles. The van der Waals surface area contributed by atoms with E-state index in [1.807, 2.05) is 0 Å². The normalized spacial score (nSPS) is 10.8. The van der Waals surface area contributed by atoms with Crippen molar-refractivity contribution >= 4 is 35.3 Å². The van der Waals surface area contributed by atoms with Gasteiger partial charge in [0.1, 0.15) is 11.5 Å². The third kappa shape index (κ3) is 3.87. The molecule has 0 radical (unpaired) electrons.